The van der Waals surface area contributed by atoms with E-state index in [-0.39, 0.29) is 53.9 Å². The predicted octanol–water partition coefficient (Wildman–Crippen LogP) is 1.87. The van der Waals surface area contributed by atoms with Crippen LogP contribution in [0.15, 0.2) is 30.9 Å². The number of pyridine rings is 1. The van der Waals surface area contributed by atoms with Gasteiger partial charge in [-0.15, -0.1) is 0 Å². The number of ether oxygens (including phenoxy) is 1. The average molecular weight is 466 g/mol. The molecule has 3 heterocycles. The summed E-state index contributed by atoms with van der Waals surface area (Å²) in [6.07, 6.45) is 5.52. The molecule has 2 aromatic heterocycles. The van der Waals surface area contributed by atoms with Crippen molar-refractivity contribution in [3.63, 3.8) is 0 Å². The van der Waals surface area contributed by atoms with Crippen molar-refractivity contribution in [1.82, 2.24) is 24.8 Å². The first kappa shape index (κ1) is 25.1. The minimum absolute atomic E-state index is 0.148. The van der Waals surface area contributed by atoms with Gasteiger partial charge in [0.05, 0.1) is 25.4 Å². The Bertz CT molecular complexity index is 1080. The minimum atomic E-state index is -0.453. The van der Waals surface area contributed by atoms with E-state index in [4.69, 9.17) is 4.74 Å². The summed E-state index contributed by atoms with van der Waals surface area (Å²) in [7, 11) is 1.67. The molecule has 3 atom stereocenters. The number of hydrogen-bond acceptors (Lipinski definition) is 7. The first-order valence-electron chi connectivity index (χ1n) is 11.3. The molecule has 0 spiro atoms. The summed E-state index contributed by atoms with van der Waals surface area (Å²) >= 11 is 0. The lowest BCUT2D eigenvalue weighted by atomic mass is 9.99. The largest absolute Gasteiger partial charge is 0.472 e. The zero-order chi connectivity index (χ0) is 24.8. The van der Waals surface area contributed by atoms with E-state index >= 15 is 0 Å². The maximum Gasteiger partial charge on any atom is 0.273 e. The number of aromatic nitrogens is 3. The first-order valence-corrected chi connectivity index (χ1v) is 11.3. The molecular formula is C25H31N5O4. The molecule has 34 heavy (non-hydrogen) atoms. The molecule has 2 amide bonds. The lowest BCUT2D eigenvalue weighted by Crippen LogP contribution is -2.50. The highest BCUT2D eigenvalue weighted by Gasteiger charge is 2.34. The average Bonchev–Trinajstić information content (AvgIpc) is 2.84. The Balaban J connectivity index is 1.95. The molecule has 0 aliphatic carbocycles. The van der Waals surface area contributed by atoms with Gasteiger partial charge in [-0.3, -0.25) is 14.6 Å². The molecule has 0 bridgehead atoms. The lowest BCUT2D eigenvalue weighted by Gasteiger charge is -2.37. The normalized spacial score (nSPS) is 18.7. The Morgan fingerprint density at radius 2 is 2.06 bits per heavy atom. The number of rotatable bonds is 5. The number of hydrogen-bond donors (Lipinski definition) is 1. The summed E-state index contributed by atoms with van der Waals surface area (Å²) in [4.78, 5) is 41.8. The van der Waals surface area contributed by atoms with Crippen LogP contribution in [0.2, 0.25) is 0 Å². The van der Waals surface area contributed by atoms with Crippen LogP contribution in [0.4, 0.5) is 0 Å². The van der Waals surface area contributed by atoms with E-state index in [2.05, 4.69) is 26.8 Å². The molecule has 0 aromatic carbocycles. The van der Waals surface area contributed by atoms with Crippen LogP contribution < -0.4 is 4.74 Å². The fourth-order valence-electron chi connectivity index (χ4n) is 3.57. The fourth-order valence-corrected chi connectivity index (χ4v) is 3.57. The Labute approximate surface area is 200 Å². The van der Waals surface area contributed by atoms with E-state index in [9.17, 15) is 14.7 Å². The van der Waals surface area contributed by atoms with Crippen molar-refractivity contribution in [2.24, 2.45) is 11.8 Å². The van der Waals surface area contributed by atoms with Crippen molar-refractivity contribution in [1.29, 1.82) is 0 Å². The second-order valence-corrected chi connectivity index (χ2v) is 8.90. The molecule has 1 aliphatic rings. The SMILES string of the molecule is CC(C)C#Cc1cnc2c(c1)C(=O)N([C@H](C)CO)C[C@H](C)[C@H](CN(C)C(=O)c1cnccn1)O2. The number of aliphatic hydroxyl groups is 1. The fraction of sp³-hybridized carbons (Fsp3) is 0.480. The number of carbonyl (C=O) groups is 2. The number of nitrogens with zero attached hydrogens (tertiary/aromatic N) is 5. The Hall–Kier alpha value is -3.51. The first-order chi connectivity index (χ1) is 16.2. The van der Waals surface area contributed by atoms with Gasteiger partial charge in [0.25, 0.3) is 11.8 Å². The van der Waals surface area contributed by atoms with Crippen LogP contribution in [-0.4, -0.2) is 80.6 Å². The molecule has 0 fully saturated rings. The smallest absolute Gasteiger partial charge is 0.273 e. The third kappa shape index (κ3) is 5.88. The second-order valence-electron chi connectivity index (χ2n) is 8.90. The molecule has 0 saturated carbocycles. The quantitative estimate of drug-likeness (QED) is 0.672. The predicted molar refractivity (Wildman–Crippen MR) is 126 cm³/mol. The second kappa shape index (κ2) is 11.1. The molecule has 0 unspecified atom stereocenters. The van der Waals surface area contributed by atoms with Gasteiger partial charge in [-0.05, 0) is 13.0 Å². The molecule has 0 saturated heterocycles. The number of likely N-dealkylation sites (N-methyl/N-ethyl adjacent to an activating group) is 1. The van der Waals surface area contributed by atoms with Crippen LogP contribution in [0, 0.1) is 23.7 Å². The summed E-state index contributed by atoms with van der Waals surface area (Å²) in [5.41, 5.74) is 1.14. The van der Waals surface area contributed by atoms with Crippen LogP contribution in [0.3, 0.4) is 0 Å². The van der Waals surface area contributed by atoms with E-state index in [1.54, 1.807) is 31.1 Å². The van der Waals surface area contributed by atoms with Crippen molar-refractivity contribution in [2.45, 2.75) is 39.8 Å². The maximum absolute atomic E-state index is 13.4. The summed E-state index contributed by atoms with van der Waals surface area (Å²) in [6.45, 7) is 8.13. The Morgan fingerprint density at radius 1 is 1.29 bits per heavy atom. The third-order valence-electron chi connectivity index (χ3n) is 5.61. The van der Waals surface area contributed by atoms with Crippen LogP contribution in [0.1, 0.15) is 54.1 Å². The summed E-state index contributed by atoms with van der Waals surface area (Å²) in [6, 6.07) is 1.28. The van der Waals surface area contributed by atoms with Gasteiger partial charge in [0, 0.05) is 49.6 Å². The van der Waals surface area contributed by atoms with Gasteiger partial charge >= 0.3 is 0 Å². The number of carbonyl (C=O) groups excluding carboxylic acids is 2. The van der Waals surface area contributed by atoms with Crippen molar-refractivity contribution in [2.75, 3.05) is 26.7 Å². The Kier molecular flexibility index (Phi) is 8.18. The number of fused-ring (bicyclic) bond motifs is 1. The van der Waals surface area contributed by atoms with Gasteiger partial charge in [-0.1, -0.05) is 32.6 Å². The molecule has 3 rings (SSSR count). The highest BCUT2D eigenvalue weighted by atomic mass is 16.5. The van der Waals surface area contributed by atoms with E-state index in [0.29, 0.717) is 12.1 Å². The van der Waals surface area contributed by atoms with Crippen LogP contribution in [-0.2, 0) is 0 Å². The van der Waals surface area contributed by atoms with E-state index in [1.807, 2.05) is 20.8 Å². The number of aliphatic hydroxyl groups excluding tert-OH is 1. The summed E-state index contributed by atoms with van der Waals surface area (Å²) in [5, 5.41) is 9.78. The maximum atomic E-state index is 13.4. The minimum Gasteiger partial charge on any atom is -0.472 e. The lowest BCUT2D eigenvalue weighted by molar-refractivity contribution is 0.0312. The molecule has 2 aromatic rings. The molecule has 180 valence electrons. The standard InChI is InChI=1S/C25H31N5O4/c1-16(2)6-7-19-10-20-23(28-11-19)34-22(17(3)13-30(24(20)32)18(4)15-31)14-29(5)25(33)21-12-26-8-9-27-21/h8-12,16-18,22,31H,13-15H2,1-5H3/t17-,18+,22-/m0/s1. The van der Waals surface area contributed by atoms with Gasteiger partial charge in [0.2, 0.25) is 5.88 Å². The zero-order valence-electron chi connectivity index (χ0n) is 20.2. The molecular weight excluding hydrogens is 434 g/mol. The molecule has 1 N–H and O–H groups in total. The van der Waals surface area contributed by atoms with E-state index in [1.165, 1.54) is 23.5 Å². The topological polar surface area (TPSA) is 109 Å². The van der Waals surface area contributed by atoms with E-state index < -0.39 is 12.1 Å². The molecule has 0 radical (unpaired) electrons. The highest BCUT2D eigenvalue weighted by molar-refractivity contribution is 5.97. The van der Waals surface area contributed by atoms with Crippen LogP contribution in [0.25, 0.3) is 0 Å². The third-order valence-corrected chi connectivity index (χ3v) is 5.61. The number of amides is 2. The van der Waals surface area contributed by atoms with Crippen LogP contribution >= 0.6 is 0 Å². The van der Waals surface area contributed by atoms with Gasteiger partial charge in [-0.25, -0.2) is 9.97 Å². The van der Waals surface area contributed by atoms with Gasteiger partial charge in [0.15, 0.2) is 0 Å². The van der Waals surface area contributed by atoms with Crippen molar-refractivity contribution < 1.29 is 19.4 Å². The van der Waals surface area contributed by atoms with Crippen molar-refractivity contribution in [3.05, 3.63) is 47.7 Å². The van der Waals surface area contributed by atoms with Gasteiger partial charge in [-0.2, -0.15) is 0 Å². The zero-order valence-corrected chi connectivity index (χ0v) is 20.2. The van der Waals surface area contributed by atoms with Crippen molar-refractivity contribution in [3.8, 4) is 17.7 Å². The highest BCUT2D eigenvalue weighted by Crippen LogP contribution is 2.27. The molecule has 9 nitrogen and oxygen atoms in total. The van der Waals surface area contributed by atoms with Gasteiger partial charge < -0.3 is 19.6 Å². The molecule has 1 aliphatic heterocycles. The molecule has 9 heteroatoms. The summed E-state index contributed by atoms with van der Waals surface area (Å²) < 4.78 is 6.22. The Morgan fingerprint density at radius 3 is 2.71 bits per heavy atom. The monoisotopic (exact) mass is 465 g/mol. The van der Waals surface area contributed by atoms with Crippen molar-refractivity contribution >= 4 is 11.8 Å². The summed E-state index contributed by atoms with van der Waals surface area (Å²) in [5.74, 6) is 5.77. The van der Waals surface area contributed by atoms with Crippen LogP contribution in [0.5, 0.6) is 5.88 Å². The van der Waals surface area contributed by atoms with E-state index in [0.717, 1.165) is 0 Å². The van der Waals surface area contributed by atoms with Gasteiger partial charge in [0.1, 0.15) is 17.4 Å².